The van der Waals surface area contributed by atoms with E-state index in [0.717, 1.165) is 18.8 Å². The van der Waals surface area contributed by atoms with Gasteiger partial charge in [0.2, 0.25) is 0 Å². The van der Waals surface area contributed by atoms with Gasteiger partial charge < -0.3 is 5.32 Å². The van der Waals surface area contributed by atoms with Crippen LogP contribution in [-0.2, 0) is 0 Å². The molecule has 0 saturated heterocycles. The predicted molar refractivity (Wildman–Crippen MR) is 52.4 cm³/mol. The Bertz CT molecular complexity index is 247. The van der Waals surface area contributed by atoms with Gasteiger partial charge >= 0.3 is 6.18 Å². The largest absolute Gasteiger partial charge is 0.389 e. The highest BCUT2D eigenvalue weighted by atomic mass is 19.4. The minimum Gasteiger partial charge on any atom is -0.313 e. The van der Waals surface area contributed by atoms with Gasteiger partial charge in [-0.3, -0.25) is 0 Å². The highest BCUT2D eigenvalue weighted by Crippen LogP contribution is 2.42. The van der Waals surface area contributed by atoms with Crippen molar-refractivity contribution >= 4 is 0 Å². The van der Waals surface area contributed by atoms with Crippen molar-refractivity contribution in [1.29, 1.82) is 0 Å². The van der Waals surface area contributed by atoms with Gasteiger partial charge in [0.05, 0.1) is 0 Å². The van der Waals surface area contributed by atoms with Crippen molar-refractivity contribution in [2.45, 2.75) is 37.9 Å². The standard InChI is InChI=1S/C11H16F3N/c12-11(13,14)5-2-6-15-10-7-8-3-1-4-9(8)10/h1,4,8-10,15H,2-3,5-7H2. The lowest BCUT2D eigenvalue weighted by atomic mass is 9.71. The van der Waals surface area contributed by atoms with Crippen LogP contribution in [0.4, 0.5) is 13.2 Å². The Morgan fingerprint density at radius 2 is 2.13 bits per heavy atom. The van der Waals surface area contributed by atoms with E-state index in [1.807, 2.05) is 0 Å². The molecule has 1 fully saturated rings. The van der Waals surface area contributed by atoms with Crippen LogP contribution in [0.5, 0.6) is 0 Å². The lowest BCUT2D eigenvalue weighted by Crippen LogP contribution is -2.48. The first kappa shape index (κ1) is 11.0. The molecule has 15 heavy (non-hydrogen) atoms. The van der Waals surface area contributed by atoms with E-state index in [2.05, 4.69) is 17.5 Å². The van der Waals surface area contributed by atoms with Crippen LogP contribution < -0.4 is 5.32 Å². The number of allylic oxidation sites excluding steroid dienone is 1. The molecule has 0 spiro atoms. The van der Waals surface area contributed by atoms with Crippen molar-refractivity contribution in [3.63, 3.8) is 0 Å². The Balaban J connectivity index is 1.58. The van der Waals surface area contributed by atoms with Gasteiger partial charge in [-0.15, -0.1) is 0 Å². The quantitative estimate of drug-likeness (QED) is 0.566. The third-order valence-electron chi connectivity index (χ3n) is 3.41. The molecule has 4 heteroatoms. The van der Waals surface area contributed by atoms with Crippen LogP contribution in [-0.4, -0.2) is 18.8 Å². The molecule has 1 N–H and O–H groups in total. The van der Waals surface area contributed by atoms with Crippen molar-refractivity contribution in [3.05, 3.63) is 12.2 Å². The zero-order valence-corrected chi connectivity index (χ0v) is 8.56. The second-order valence-electron chi connectivity index (χ2n) is 4.52. The minimum absolute atomic E-state index is 0.196. The van der Waals surface area contributed by atoms with Crippen LogP contribution in [0.25, 0.3) is 0 Å². The first-order chi connectivity index (χ1) is 7.06. The summed E-state index contributed by atoms with van der Waals surface area (Å²) < 4.78 is 35.6. The minimum atomic E-state index is -4.00. The average molecular weight is 219 g/mol. The molecule has 0 bridgehead atoms. The van der Waals surface area contributed by atoms with E-state index in [-0.39, 0.29) is 6.42 Å². The maximum absolute atomic E-state index is 11.9. The predicted octanol–water partition coefficient (Wildman–Crippen LogP) is 2.88. The number of nitrogens with one attached hydrogen (secondary N) is 1. The van der Waals surface area contributed by atoms with Crippen molar-refractivity contribution in [3.8, 4) is 0 Å². The molecule has 2 aliphatic rings. The summed E-state index contributed by atoms with van der Waals surface area (Å²) >= 11 is 0. The smallest absolute Gasteiger partial charge is 0.313 e. The molecule has 0 aromatic heterocycles. The maximum atomic E-state index is 11.9. The molecule has 0 aromatic carbocycles. The Kier molecular flexibility index (Phi) is 3.05. The Hall–Kier alpha value is -0.510. The Morgan fingerprint density at radius 3 is 2.80 bits per heavy atom. The molecule has 1 nitrogen and oxygen atoms in total. The summed E-state index contributed by atoms with van der Waals surface area (Å²) in [5.41, 5.74) is 0. The summed E-state index contributed by atoms with van der Waals surface area (Å²) in [5, 5.41) is 3.21. The van der Waals surface area contributed by atoms with Crippen molar-refractivity contribution in [2.75, 3.05) is 6.54 Å². The molecule has 0 aliphatic heterocycles. The highest BCUT2D eigenvalue weighted by molar-refractivity contribution is 5.12. The van der Waals surface area contributed by atoms with E-state index in [9.17, 15) is 13.2 Å². The maximum Gasteiger partial charge on any atom is 0.389 e. The Morgan fingerprint density at radius 1 is 1.33 bits per heavy atom. The van der Waals surface area contributed by atoms with E-state index >= 15 is 0 Å². The van der Waals surface area contributed by atoms with Crippen LogP contribution in [0, 0.1) is 11.8 Å². The summed E-state index contributed by atoms with van der Waals surface area (Å²) in [4.78, 5) is 0. The lowest BCUT2D eigenvalue weighted by molar-refractivity contribution is -0.135. The SMILES string of the molecule is FC(F)(F)CCCNC1CC2CC=CC21. The molecule has 0 radical (unpaired) electrons. The number of alkyl halides is 3. The molecule has 1 saturated carbocycles. The fraction of sp³-hybridized carbons (Fsp3) is 0.818. The fourth-order valence-electron chi connectivity index (χ4n) is 2.52. The molecule has 2 rings (SSSR count). The molecule has 3 unspecified atom stereocenters. The molecule has 3 atom stereocenters. The van der Waals surface area contributed by atoms with Gasteiger partial charge in [0.1, 0.15) is 0 Å². The topological polar surface area (TPSA) is 12.0 Å². The molecule has 0 amide bonds. The summed E-state index contributed by atoms with van der Waals surface area (Å²) in [5.74, 6) is 1.36. The van der Waals surface area contributed by atoms with Gasteiger partial charge in [-0.1, -0.05) is 12.2 Å². The van der Waals surface area contributed by atoms with Gasteiger partial charge in [0.25, 0.3) is 0 Å². The van der Waals surface area contributed by atoms with Crippen LogP contribution in [0.2, 0.25) is 0 Å². The lowest BCUT2D eigenvalue weighted by Gasteiger charge is -2.40. The molecule has 0 heterocycles. The first-order valence-electron chi connectivity index (χ1n) is 5.53. The van der Waals surface area contributed by atoms with Crippen molar-refractivity contribution < 1.29 is 13.2 Å². The summed E-state index contributed by atoms with van der Waals surface area (Å²) in [6, 6.07) is 0.432. The molecular formula is C11H16F3N. The van der Waals surface area contributed by atoms with Gasteiger partial charge in [-0.25, -0.2) is 0 Å². The van der Waals surface area contributed by atoms with E-state index in [1.165, 1.54) is 0 Å². The fourth-order valence-corrected chi connectivity index (χ4v) is 2.52. The van der Waals surface area contributed by atoms with Gasteiger partial charge in [-0.05, 0) is 37.6 Å². The Labute approximate surface area is 87.7 Å². The average Bonchev–Trinajstić information content (AvgIpc) is 2.45. The second kappa shape index (κ2) is 4.16. The zero-order valence-electron chi connectivity index (χ0n) is 8.56. The molecule has 2 aliphatic carbocycles. The zero-order chi connectivity index (χ0) is 10.9. The van der Waals surface area contributed by atoms with E-state index in [0.29, 0.717) is 18.5 Å². The third kappa shape index (κ3) is 2.74. The van der Waals surface area contributed by atoms with Crippen LogP contribution >= 0.6 is 0 Å². The van der Waals surface area contributed by atoms with Gasteiger partial charge in [-0.2, -0.15) is 13.2 Å². The van der Waals surface area contributed by atoms with Gasteiger partial charge in [0, 0.05) is 12.5 Å². The van der Waals surface area contributed by atoms with Crippen molar-refractivity contribution in [2.24, 2.45) is 11.8 Å². The highest BCUT2D eigenvalue weighted by Gasteiger charge is 2.40. The summed E-state index contributed by atoms with van der Waals surface area (Å²) in [6.45, 7) is 0.487. The number of rotatable bonds is 4. The van der Waals surface area contributed by atoms with E-state index in [1.54, 1.807) is 0 Å². The third-order valence-corrected chi connectivity index (χ3v) is 3.41. The molecular weight excluding hydrogens is 203 g/mol. The van der Waals surface area contributed by atoms with Crippen molar-refractivity contribution in [1.82, 2.24) is 5.32 Å². The number of hydrogen-bond acceptors (Lipinski definition) is 1. The molecule has 86 valence electrons. The molecule has 0 aromatic rings. The summed E-state index contributed by atoms with van der Waals surface area (Å²) in [6.07, 6.45) is 2.20. The monoisotopic (exact) mass is 219 g/mol. The van der Waals surface area contributed by atoms with Crippen LogP contribution in [0.1, 0.15) is 25.7 Å². The summed E-state index contributed by atoms with van der Waals surface area (Å²) in [7, 11) is 0. The second-order valence-corrected chi connectivity index (χ2v) is 4.52. The number of fused-ring (bicyclic) bond motifs is 1. The van der Waals surface area contributed by atoms with E-state index < -0.39 is 12.6 Å². The first-order valence-corrected chi connectivity index (χ1v) is 5.53. The van der Waals surface area contributed by atoms with Crippen LogP contribution in [0.15, 0.2) is 12.2 Å². The number of halogens is 3. The van der Waals surface area contributed by atoms with Gasteiger partial charge in [0.15, 0.2) is 0 Å². The van der Waals surface area contributed by atoms with E-state index in [4.69, 9.17) is 0 Å². The van der Waals surface area contributed by atoms with Crippen LogP contribution in [0.3, 0.4) is 0 Å². The normalized spacial score (nSPS) is 33.9. The number of hydrogen-bond donors (Lipinski definition) is 1.